The van der Waals surface area contributed by atoms with E-state index >= 15 is 0 Å². The molecule has 0 aliphatic heterocycles. The standard InChI is InChI=1S/C12H18N2/c1-8(13)9-6-7-12(14)11-5-3-2-4-10(9)11/h6-8H,2-5,13-14H2,1H3. The Morgan fingerprint density at radius 1 is 1.14 bits per heavy atom. The number of hydrogen-bond donors (Lipinski definition) is 2. The first-order valence-electron chi connectivity index (χ1n) is 5.36. The molecule has 0 aromatic heterocycles. The van der Waals surface area contributed by atoms with E-state index in [1.54, 1.807) is 0 Å². The zero-order chi connectivity index (χ0) is 10.1. The van der Waals surface area contributed by atoms with Gasteiger partial charge in [-0.3, -0.25) is 0 Å². The zero-order valence-corrected chi connectivity index (χ0v) is 8.72. The molecule has 0 heterocycles. The maximum Gasteiger partial charge on any atom is 0.0349 e. The highest BCUT2D eigenvalue weighted by molar-refractivity contribution is 5.55. The number of anilines is 1. The topological polar surface area (TPSA) is 52.0 Å². The Balaban J connectivity index is 2.53. The van der Waals surface area contributed by atoms with Crippen LogP contribution in [-0.2, 0) is 12.8 Å². The van der Waals surface area contributed by atoms with Gasteiger partial charge in [0.15, 0.2) is 0 Å². The normalized spacial score (nSPS) is 17.6. The number of nitrogen functional groups attached to an aromatic ring is 1. The van der Waals surface area contributed by atoms with E-state index in [9.17, 15) is 0 Å². The molecule has 2 rings (SSSR count). The third-order valence-electron chi connectivity index (χ3n) is 3.10. The molecule has 1 aliphatic carbocycles. The second kappa shape index (κ2) is 3.62. The Morgan fingerprint density at radius 3 is 2.43 bits per heavy atom. The first-order valence-corrected chi connectivity index (χ1v) is 5.36. The molecule has 1 aliphatic rings. The lowest BCUT2D eigenvalue weighted by Gasteiger charge is -2.22. The molecule has 1 aromatic rings. The first kappa shape index (κ1) is 9.53. The maximum absolute atomic E-state index is 5.97. The predicted molar refractivity (Wildman–Crippen MR) is 60.1 cm³/mol. The molecule has 0 fully saturated rings. The smallest absolute Gasteiger partial charge is 0.0349 e. The van der Waals surface area contributed by atoms with Gasteiger partial charge in [-0.25, -0.2) is 0 Å². The molecule has 4 N–H and O–H groups in total. The molecular weight excluding hydrogens is 172 g/mol. The number of rotatable bonds is 1. The summed E-state index contributed by atoms with van der Waals surface area (Å²) in [5, 5.41) is 0. The molecule has 2 heteroatoms. The van der Waals surface area contributed by atoms with Crippen LogP contribution in [0, 0.1) is 0 Å². The van der Waals surface area contributed by atoms with E-state index < -0.39 is 0 Å². The zero-order valence-electron chi connectivity index (χ0n) is 8.72. The van der Waals surface area contributed by atoms with Crippen molar-refractivity contribution < 1.29 is 0 Å². The molecule has 0 amide bonds. The summed E-state index contributed by atoms with van der Waals surface area (Å²) in [4.78, 5) is 0. The summed E-state index contributed by atoms with van der Waals surface area (Å²) in [7, 11) is 0. The van der Waals surface area contributed by atoms with Crippen molar-refractivity contribution >= 4 is 5.69 Å². The fourth-order valence-electron chi connectivity index (χ4n) is 2.35. The van der Waals surface area contributed by atoms with Crippen LogP contribution in [0.1, 0.15) is 42.5 Å². The minimum Gasteiger partial charge on any atom is -0.398 e. The van der Waals surface area contributed by atoms with Crippen molar-refractivity contribution in [2.75, 3.05) is 5.73 Å². The van der Waals surface area contributed by atoms with Gasteiger partial charge >= 0.3 is 0 Å². The van der Waals surface area contributed by atoms with Crippen molar-refractivity contribution in [3.05, 3.63) is 28.8 Å². The summed E-state index contributed by atoms with van der Waals surface area (Å²) >= 11 is 0. The highest BCUT2D eigenvalue weighted by atomic mass is 14.6. The molecule has 0 saturated heterocycles. The van der Waals surface area contributed by atoms with Crippen molar-refractivity contribution in [2.45, 2.75) is 38.6 Å². The van der Waals surface area contributed by atoms with Gasteiger partial charge in [0.2, 0.25) is 0 Å². The van der Waals surface area contributed by atoms with Crippen molar-refractivity contribution in [2.24, 2.45) is 5.73 Å². The summed E-state index contributed by atoms with van der Waals surface area (Å²) < 4.78 is 0. The molecule has 76 valence electrons. The fraction of sp³-hybridized carbons (Fsp3) is 0.500. The van der Waals surface area contributed by atoms with Crippen LogP contribution in [0.25, 0.3) is 0 Å². The maximum atomic E-state index is 5.97. The van der Waals surface area contributed by atoms with Gasteiger partial charge in [0.05, 0.1) is 0 Å². The minimum atomic E-state index is 0.127. The predicted octanol–water partition coefficient (Wildman–Crippen LogP) is 2.17. The Kier molecular flexibility index (Phi) is 2.46. The van der Waals surface area contributed by atoms with Crippen LogP contribution in [0.5, 0.6) is 0 Å². The van der Waals surface area contributed by atoms with Crippen LogP contribution in [0.2, 0.25) is 0 Å². The van der Waals surface area contributed by atoms with E-state index in [-0.39, 0.29) is 6.04 Å². The second-order valence-corrected chi connectivity index (χ2v) is 4.20. The molecule has 0 spiro atoms. The molecule has 1 aromatic carbocycles. The Labute approximate surface area is 85.3 Å². The molecule has 14 heavy (non-hydrogen) atoms. The van der Waals surface area contributed by atoms with E-state index in [2.05, 4.69) is 6.07 Å². The monoisotopic (exact) mass is 190 g/mol. The van der Waals surface area contributed by atoms with Gasteiger partial charge in [0.1, 0.15) is 0 Å². The molecule has 2 nitrogen and oxygen atoms in total. The number of fused-ring (bicyclic) bond motifs is 1. The largest absolute Gasteiger partial charge is 0.398 e. The van der Waals surface area contributed by atoms with Crippen LogP contribution in [-0.4, -0.2) is 0 Å². The average Bonchev–Trinajstić information content (AvgIpc) is 2.18. The van der Waals surface area contributed by atoms with Crippen LogP contribution in [0.3, 0.4) is 0 Å². The lowest BCUT2D eigenvalue weighted by Crippen LogP contribution is -2.14. The molecular formula is C12H18N2. The van der Waals surface area contributed by atoms with E-state index in [4.69, 9.17) is 11.5 Å². The van der Waals surface area contributed by atoms with Gasteiger partial charge in [0, 0.05) is 11.7 Å². The van der Waals surface area contributed by atoms with Gasteiger partial charge in [0.25, 0.3) is 0 Å². The van der Waals surface area contributed by atoms with Gasteiger partial charge in [-0.1, -0.05) is 6.07 Å². The third-order valence-corrected chi connectivity index (χ3v) is 3.10. The van der Waals surface area contributed by atoms with Gasteiger partial charge in [-0.15, -0.1) is 0 Å². The van der Waals surface area contributed by atoms with Crippen molar-refractivity contribution in [1.29, 1.82) is 0 Å². The van der Waals surface area contributed by atoms with Crippen LogP contribution < -0.4 is 11.5 Å². The minimum absolute atomic E-state index is 0.127. The Morgan fingerprint density at radius 2 is 1.79 bits per heavy atom. The summed E-state index contributed by atoms with van der Waals surface area (Å²) in [5.41, 5.74) is 16.9. The molecule has 1 atom stereocenters. The number of hydrogen-bond acceptors (Lipinski definition) is 2. The SMILES string of the molecule is CC(N)c1ccc(N)c2c1CCCC2. The summed E-state index contributed by atoms with van der Waals surface area (Å²) in [5.74, 6) is 0. The van der Waals surface area contributed by atoms with E-state index in [0.717, 1.165) is 18.5 Å². The number of benzene rings is 1. The highest BCUT2D eigenvalue weighted by Gasteiger charge is 2.16. The van der Waals surface area contributed by atoms with E-state index in [1.165, 1.54) is 29.5 Å². The van der Waals surface area contributed by atoms with Crippen LogP contribution >= 0.6 is 0 Å². The van der Waals surface area contributed by atoms with Crippen LogP contribution in [0.15, 0.2) is 12.1 Å². The van der Waals surface area contributed by atoms with Crippen molar-refractivity contribution in [1.82, 2.24) is 0 Å². The van der Waals surface area contributed by atoms with Gasteiger partial charge < -0.3 is 11.5 Å². The Hall–Kier alpha value is -1.02. The third kappa shape index (κ3) is 1.50. The van der Waals surface area contributed by atoms with Crippen molar-refractivity contribution in [3.63, 3.8) is 0 Å². The lowest BCUT2D eigenvalue weighted by atomic mass is 9.85. The number of nitrogens with two attached hydrogens (primary N) is 2. The molecule has 0 saturated carbocycles. The molecule has 1 unspecified atom stereocenters. The summed E-state index contributed by atoms with van der Waals surface area (Å²) in [6.07, 6.45) is 4.81. The fourth-order valence-corrected chi connectivity index (χ4v) is 2.35. The van der Waals surface area contributed by atoms with Gasteiger partial charge in [-0.05, 0) is 55.4 Å². The van der Waals surface area contributed by atoms with Crippen LogP contribution in [0.4, 0.5) is 5.69 Å². The second-order valence-electron chi connectivity index (χ2n) is 4.20. The average molecular weight is 190 g/mol. The van der Waals surface area contributed by atoms with Gasteiger partial charge in [-0.2, -0.15) is 0 Å². The van der Waals surface area contributed by atoms with E-state index in [1.807, 2.05) is 13.0 Å². The first-order chi connectivity index (χ1) is 6.70. The highest BCUT2D eigenvalue weighted by Crippen LogP contribution is 2.31. The lowest BCUT2D eigenvalue weighted by molar-refractivity contribution is 0.668. The Bertz CT molecular complexity index is 342. The van der Waals surface area contributed by atoms with Crippen molar-refractivity contribution in [3.8, 4) is 0 Å². The molecule has 0 radical (unpaired) electrons. The molecule has 0 bridgehead atoms. The quantitative estimate of drug-likeness (QED) is 0.667. The summed E-state index contributed by atoms with van der Waals surface area (Å²) in [6.45, 7) is 2.04. The summed E-state index contributed by atoms with van der Waals surface area (Å²) in [6, 6.07) is 4.22. The van der Waals surface area contributed by atoms with E-state index in [0.29, 0.717) is 0 Å².